The third-order valence-electron chi connectivity index (χ3n) is 3.73. The molecule has 0 spiro atoms. The first-order chi connectivity index (χ1) is 9.20. The van der Waals surface area contributed by atoms with E-state index in [0.29, 0.717) is 6.54 Å². The molecule has 0 amide bonds. The molecule has 114 valence electrons. The van der Waals surface area contributed by atoms with E-state index in [0.717, 1.165) is 37.2 Å². The smallest absolute Gasteiger partial charge is 0.194 e. The van der Waals surface area contributed by atoms with Crippen LogP contribution in [0.5, 0.6) is 0 Å². The van der Waals surface area contributed by atoms with Crippen molar-refractivity contribution in [2.24, 2.45) is 18.0 Å². The summed E-state index contributed by atoms with van der Waals surface area (Å²) in [7, 11) is 1.96. The lowest BCUT2D eigenvalue weighted by Crippen LogP contribution is -2.45. The van der Waals surface area contributed by atoms with Crippen molar-refractivity contribution in [2.45, 2.75) is 33.2 Å². The van der Waals surface area contributed by atoms with Gasteiger partial charge in [-0.05, 0) is 31.7 Å². The third-order valence-corrected chi connectivity index (χ3v) is 3.73. The maximum absolute atomic E-state index is 4.74. The molecule has 0 saturated carbocycles. The molecule has 1 N–H and O–H groups in total. The summed E-state index contributed by atoms with van der Waals surface area (Å²) in [5, 5.41) is 7.57. The molecule has 1 aromatic heterocycles. The summed E-state index contributed by atoms with van der Waals surface area (Å²) >= 11 is 0. The van der Waals surface area contributed by atoms with Gasteiger partial charge < -0.3 is 10.2 Å². The van der Waals surface area contributed by atoms with Crippen LogP contribution >= 0.6 is 24.0 Å². The Morgan fingerprint density at radius 1 is 1.45 bits per heavy atom. The molecule has 0 aromatic carbocycles. The van der Waals surface area contributed by atoms with Gasteiger partial charge in [0.25, 0.3) is 0 Å². The van der Waals surface area contributed by atoms with Gasteiger partial charge in [-0.1, -0.05) is 6.92 Å². The number of hydrogen-bond acceptors (Lipinski definition) is 2. The van der Waals surface area contributed by atoms with Crippen LogP contribution in [0.25, 0.3) is 0 Å². The van der Waals surface area contributed by atoms with E-state index in [1.807, 2.05) is 24.0 Å². The number of rotatable bonds is 3. The molecule has 6 heteroatoms. The number of halogens is 1. The highest BCUT2D eigenvalue weighted by atomic mass is 127. The van der Waals surface area contributed by atoms with Crippen LogP contribution in [-0.2, 0) is 13.6 Å². The van der Waals surface area contributed by atoms with Gasteiger partial charge in [0.2, 0.25) is 0 Å². The lowest BCUT2D eigenvalue weighted by molar-refractivity contribution is 0.273. The van der Waals surface area contributed by atoms with Crippen LogP contribution < -0.4 is 5.32 Å². The van der Waals surface area contributed by atoms with Gasteiger partial charge in [-0.15, -0.1) is 24.0 Å². The first-order valence-corrected chi connectivity index (χ1v) is 7.20. The molecule has 1 aliphatic rings. The number of aryl methyl sites for hydroxylation is 1. The molecule has 5 nitrogen and oxygen atoms in total. The number of nitrogens with one attached hydrogen (secondary N) is 1. The summed E-state index contributed by atoms with van der Waals surface area (Å²) in [6, 6.07) is 2.02. The molecule has 2 heterocycles. The van der Waals surface area contributed by atoms with Gasteiger partial charge in [-0.3, -0.25) is 4.68 Å². The van der Waals surface area contributed by atoms with E-state index < -0.39 is 0 Å². The summed E-state index contributed by atoms with van der Waals surface area (Å²) < 4.78 is 1.88. The van der Waals surface area contributed by atoms with Crippen molar-refractivity contribution in [3.63, 3.8) is 0 Å². The van der Waals surface area contributed by atoms with Crippen molar-refractivity contribution in [3.05, 3.63) is 18.0 Å². The molecule has 0 aliphatic carbocycles. The van der Waals surface area contributed by atoms with E-state index in [2.05, 4.69) is 29.2 Å². The molecule has 0 radical (unpaired) electrons. The number of aliphatic imine (C=N–C) groups is 1. The minimum atomic E-state index is 0. The van der Waals surface area contributed by atoms with Crippen LogP contribution in [0.4, 0.5) is 0 Å². The van der Waals surface area contributed by atoms with Gasteiger partial charge in [0.1, 0.15) is 0 Å². The number of piperidine rings is 1. The fraction of sp³-hybridized carbons (Fsp3) is 0.714. The van der Waals surface area contributed by atoms with E-state index in [1.54, 1.807) is 0 Å². The summed E-state index contributed by atoms with van der Waals surface area (Å²) in [5.41, 5.74) is 1.14. The van der Waals surface area contributed by atoms with Crippen molar-refractivity contribution < 1.29 is 0 Å². The van der Waals surface area contributed by atoms with Crippen molar-refractivity contribution in [2.75, 3.05) is 19.6 Å². The Morgan fingerprint density at radius 3 is 2.70 bits per heavy atom. The molecule has 1 aliphatic heterocycles. The standard InChI is InChI=1S/C14H25N5.HI/c1-4-15-14(19-9-6-12(2)7-10-19)16-11-13-5-8-17-18(13)3;/h5,8,12H,4,6-7,9-11H2,1-3H3,(H,15,16);1H. The fourth-order valence-electron chi connectivity index (χ4n) is 2.36. The molecule has 0 atom stereocenters. The van der Waals surface area contributed by atoms with E-state index >= 15 is 0 Å². The van der Waals surface area contributed by atoms with E-state index in [-0.39, 0.29) is 24.0 Å². The Bertz CT molecular complexity index is 421. The van der Waals surface area contributed by atoms with Gasteiger partial charge in [0, 0.05) is 32.9 Å². The molecule has 0 unspecified atom stereocenters. The second kappa shape index (κ2) is 8.49. The van der Waals surface area contributed by atoms with E-state index in [4.69, 9.17) is 4.99 Å². The lowest BCUT2D eigenvalue weighted by Gasteiger charge is -2.33. The van der Waals surface area contributed by atoms with Crippen LogP contribution in [0.3, 0.4) is 0 Å². The topological polar surface area (TPSA) is 45.5 Å². The van der Waals surface area contributed by atoms with Gasteiger partial charge >= 0.3 is 0 Å². The van der Waals surface area contributed by atoms with E-state index in [1.165, 1.54) is 12.8 Å². The first kappa shape index (κ1) is 17.3. The molecule has 20 heavy (non-hydrogen) atoms. The predicted molar refractivity (Wildman–Crippen MR) is 93.4 cm³/mol. The molecule has 1 fully saturated rings. The number of likely N-dealkylation sites (tertiary alicyclic amines) is 1. The molecule has 1 aromatic rings. The fourth-order valence-corrected chi connectivity index (χ4v) is 2.36. The average molecular weight is 391 g/mol. The minimum absolute atomic E-state index is 0. The SMILES string of the molecule is CCNC(=NCc1ccnn1C)N1CCC(C)CC1.I. The zero-order chi connectivity index (χ0) is 13.7. The molecule has 2 rings (SSSR count). The second-order valence-corrected chi connectivity index (χ2v) is 5.29. The summed E-state index contributed by atoms with van der Waals surface area (Å²) in [6.45, 7) is 8.27. The second-order valence-electron chi connectivity index (χ2n) is 5.29. The van der Waals surface area contributed by atoms with Crippen molar-refractivity contribution >= 4 is 29.9 Å². The highest BCUT2D eigenvalue weighted by Crippen LogP contribution is 2.16. The summed E-state index contributed by atoms with van der Waals surface area (Å²) in [6.07, 6.45) is 4.34. The van der Waals surface area contributed by atoms with E-state index in [9.17, 15) is 0 Å². The van der Waals surface area contributed by atoms with Gasteiger partial charge in [0.15, 0.2) is 5.96 Å². The van der Waals surface area contributed by atoms with Gasteiger partial charge in [0.05, 0.1) is 12.2 Å². The largest absolute Gasteiger partial charge is 0.357 e. The van der Waals surface area contributed by atoms with Crippen molar-refractivity contribution in [1.29, 1.82) is 0 Å². The summed E-state index contributed by atoms with van der Waals surface area (Å²) in [5.74, 6) is 1.88. The zero-order valence-electron chi connectivity index (χ0n) is 12.7. The van der Waals surface area contributed by atoms with Gasteiger partial charge in [-0.25, -0.2) is 4.99 Å². The van der Waals surface area contributed by atoms with Crippen LogP contribution in [0.1, 0.15) is 32.4 Å². The Balaban J connectivity index is 0.00000200. The maximum Gasteiger partial charge on any atom is 0.194 e. The molecular weight excluding hydrogens is 365 g/mol. The molecule has 1 saturated heterocycles. The van der Waals surface area contributed by atoms with Crippen molar-refractivity contribution in [1.82, 2.24) is 20.0 Å². The highest BCUT2D eigenvalue weighted by Gasteiger charge is 2.18. The van der Waals surface area contributed by atoms with Crippen LogP contribution in [0.15, 0.2) is 17.3 Å². The molecular formula is C14H26IN5. The first-order valence-electron chi connectivity index (χ1n) is 7.20. The third kappa shape index (κ3) is 4.64. The highest BCUT2D eigenvalue weighted by molar-refractivity contribution is 14.0. The molecule has 0 bridgehead atoms. The number of guanidine groups is 1. The van der Waals surface area contributed by atoms with Crippen LogP contribution in [-0.4, -0.2) is 40.3 Å². The Labute approximate surface area is 138 Å². The Kier molecular flexibility index (Phi) is 7.32. The average Bonchev–Trinajstić information content (AvgIpc) is 2.81. The van der Waals surface area contributed by atoms with Crippen LogP contribution in [0, 0.1) is 5.92 Å². The Morgan fingerprint density at radius 2 is 2.15 bits per heavy atom. The number of nitrogens with zero attached hydrogens (tertiary/aromatic N) is 4. The zero-order valence-corrected chi connectivity index (χ0v) is 15.0. The maximum atomic E-state index is 4.74. The quantitative estimate of drug-likeness (QED) is 0.489. The number of aromatic nitrogens is 2. The summed E-state index contributed by atoms with van der Waals surface area (Å²) in [4.78, 5) is 7.11. The normalized spacial score (nSPS) is 16.9. The monoisotopic (exact) mass is 391 g/mol. The predicted octanol–water partition coefficient (Wildman–Crippen LogP) is 2.24. The minimum Gasteiger partial charge on any atom is -0.357 e. The lowest BCUT2D eigenvalue weighted by atomic mass is 10.00. The Hall–Kier alpha value is -0.790. The van der Waals surface area contributed by atoms with Crippen LogP contribution in [0.2, 0.25) is 0 Å². The van der Waals surface area contributed by atoms with Crippen molar-refractivity contribution in [3.8, 4) is 0 Å². The van der Waals surface area contributed by atoms with Gasteiger partial charge in [-0.2, -0.15) is 5.10 Å². The number of hydrogen-bond donors (Lipinski definition) is 1.